The van der Waals surface area contributed by atoms with Gasteiger partial charge in [-0.25, -0.2) is 14.0 Å². The summed E-state index contributed by atoms with van der Waals surface area (Å²) in [6, 6.07) is 12.6. The van der Waals surface area contributed by atoms with Gasteiger partial charge in [-0.2, -0.15) is 0 Å². The fourth-order valence-electron chi connectivity index (χ4n) is 3.39. The number of hydrogen-bond donors (Lipinski definition) is 1. The van der Waals surface area contributed by atoms with Crippen LogP contribution in [0.1, 0.15) is 24.0 Å². The molecular weight excluding hydrogens is 365 g/mol. The lowest BCUT2D eigenvalue weighted by Crippen LogP contribution is -2.31. The molecule has 1 aliphatic heterocycles. The molecule has 142 valence electrons. The quantitative estimate of drug-likeness (QED) is 0.553. The minimum atomic E-state index is -1.12. The maximum Gasteiger partial charge on any atom is 0.344 e. The average Bonchev–Trinajstić information content (AvgIpc) is 2.67. The molecular formula is C21H16FNO5. The second-order valence-electron chi connectivity index (χ2n) is 6.18. The third kappa shape index (κ3) is 2.72. The van der Waals surface area contributed by atoms with Crippen molar-refractivity contribution in [3.8, 4) is 5.75 Å². The van der Waals surface area contributed by atoms with E-state index in [0.717, 1.165) is 0 Å². The van der Waals surface area contributed by atoms with Crippen LogP contribution in [-0.4, -0.2) is 12.6 Å². The molecule has 3 aromatic rings. The van der Waals surface area contributed by atoms with Gasteiger partial charge < -0.3 is 19.6 Å². The molecule has 1 aromatic heterocycles. The van der Waals surface area contributed by atoms with Gasteiger partial charge in [-0.3, -0.25) is 0 Å². The Balaban J connectivity index is 2.07. The van der Waals surface area contributed by atoms with E-state index >= 15 is 0 Å². The summed E-state index contributed by atoms with van der Waals surface area (Å²) in [4.78, 5) is 25.4. The first kappa shape index (κ1) is 17.8. The Morgan fingerprint density at radius 3 is 2.64 bits per heavy atom. The van der Waals surface area contributed by atoms with Crippen molar-refractivity contribution < 1.29 is 23.1 Å². The van der Waals surface area contributed by atoms with Gasteiger partial charge in [0, 0.05) is 5.56 Å². The van der Waals surface area contributed by atoms with E-state index in [2.05, 4.69) is 0 Å². The third-order valence-electron chi connectivity index (χ3n) is 4.57. The molecule has 2 N–H and O–H groups in total. The van der Waals surface area contributed by atoms with Gasteiger partial charge in [0.1, 0.15) is 17.0 Å². The van der Waals surface area contributed by atoms with E-state index in [9.17, 15) is 14.0 Å². The summed E-state index contributed by atoms with van der Waals surface area (Å²) in [7, 11) is 0. The van der Waals surface area contributed by atoms with Crippen LogP contribution in [0.4, 0.5) is 4.39 Å². The first-order chi connectivity index (χ1) is 13.5. The Morgan fingerprint density at radius 2 is 1.89 bits per heavy atom. The Kier molecular flexibility index (Phi) is 4.35. The number of esters is 1. The fourth-order valence-corrected chi connectivity index (χ4v) is 3.39. The molecule has 4 rings (SSSR count). The zero-order chi connectivity index (χ0) is 19.8. The van der Waals surface area contributed by atoms with Crippen LogP contribution in [-0.2, 0) is 9.53 Å². The van der Waals surface area contributed by atoms with Gasteiger partial charge in [-0.15, -0.1) is 0 Å². The number of fused-ring (bicyclic) bond motifs is 3. The van der Waals surface area contributed by atoms with Crippen molar-refractivity contribution >= 4 is 16.9 Å². The van der Waals surface area contributed by atoms with Gasteiger partial charge in [-0.1, -0.05) is 30.3 Å². The Hall–Kier alpha value is -3.61. The highest BCUT2D eigenvalue weighted by Gasteiger charge is 2.40. The molecule has 2 aromatic carbocycles. The number of hydrogen-bond acceptors (Lipinski definition) is 6. The van der Waals surface area contributed by atoms with Crippen molar-refractivity contribution in [2.45, 2.75) is 12.8 Å². The molecule has 0 unspecified atom stereocenters. The maximum absolute atomic E-state index is 14.7. The molecule has 0 saturated heterocycles. The highest BCUT2D eigenvalue weighted by molar-refractivity contribution is 5.94. The van der Waals surface area contributed by atoms with Crippen LogP contribution < -0.4 is 16.1 Å². The maximum atomic E-state index is 14.7. The molecule has 0 fully saturated rings. The molecule has 0 aliphatic carbocycles. The van der Waals surface area contributed by atoms with Gasteiger partial charge >= 0.3 is 11.6 Å². The van der Waals surface area contributed by atoms with E-state index in [-0.39, 0.29) is 34.9 Å². The number of nitrogens with two attached hydrogens (primary N) is 1. The average molecular weight is 381 g/mol. The lowest BCUT2D eigenvalue weighted by molar-refractivity contribution is -0.139. The van der Waals surface area contributed by atoms with Gasteiger partial charge in [0.2, 0.25) is 5.88 Å². The molecule has 6 nitrogen and oxygen atoms in total. The molecule has 2 heterocycles. The number of ether oxygens (including phenoxy) is 2. The lowest BCUT2D eigenvalue weighted by atomic mass is 9.83. The normalized spacial score (nSPS) is 15.9. The molecule has 0 spiro atoms. The van der Waals surface area contributed by atoms with Crippen LogP contribution in [0.3, 0.4) is 0 Å². The highest BCUT2D eigenvalue weighted by atomic mass is 19.1. The van der Waals surface area contributed by atoms with Crippen LogP contribution in [0.5, 0.6) is 5.75 Å². The van der Waals surface area contributed by atoms with E-state index in [0.29, 0.717) is 11.0 Å². The van der Waals surface area contributed by atoms with Gasteiger partial charge in [0.25, 0.3) is 0 Å². The zero-order valence-corrected chi connectivity index (χ0v) is 14.9. The highest BCUT2D eigenvalue weighted by Crippen LogP contribution is 2.44. The van der Waals surface area contributed by atoms with Gasteiger partial charge in [0.15, 0.2) is 5.75 Å². The zero-order valence-electron chi connectivity index (χ0n) is 14.9. The second kappa shape index (κ2) is 6.84. The van der Waals surface area contributed by atoms with Gasteiger partial charge in [-0.05, 0) is 25.1 Å². The summed E-state index contributed by atoms with van der Waals surface area (Å²) in [5.41, 5.74) is 5.56. The SMILES string of the molecule is CCOC(=O)C1=C(N)Oc2c(c(=O)oc3ccccc23)[C@H]1c1ccccc1F. The van der Waals surface area contributed by atoms with Crippen molar-refractivity contribution in [1.82, 2.24) is 0 Å². The molecule has 0 bridgehead atoms. The van der Waals surface area contributed by atoms with Crippen molar-refractivity contribution in [3.63, 3.8) is 0 Å². The van der Waals surface area contributed by atoms with Crippen molar-refractivity contribution in [2.75, 3.05) is 6.61 Å². The third-order valence-corrected chi connectivity index (χ3v) is 4.57. The predicted molar refractivity (Wildman–Crippen MR) is 99.2 cm³/mol. The van der Waals surface area contributed by atoms with Crippen molar-refractivity contribution in [1.29, 1.82) is 0 Å². The molecule has 1 aliphatic rings. The van der Waals surface area contributed by atoms with Crippen LogP contribution in [0.2, 0.25) is 0 Å². The summed E-state index contributed by atoms with van der Waals surface area (Å²) >= 11 is 0. The van der Waals surface area contributed by atoms with E-state index < -0.39 is 23.3 Å². The van der Waals surface area contributed by atoms with Crippen molar-refractivity contribution in [3.05, 3.63) is 87.4 Å². The van der Waals surface area contributed by atoms with E-state index in [1.807, 2.05) is 0 Å². The molecule has 7 heteroatoms. The minimum Gasteiger partial charge on any atom is -0.462 e. The smallest absolute Gasteiger partial charge is 0.344 e. The summed E-state index contributed by atoms with van der Waals surface area (Å²) in [6.45, 7) is 1.71. The van der Waals surface area contributed by atoms with Crippen LogP contribution in [0, 0.1) is 5.82 Å². The predicted octanol–water partition coefficient (Wildman–Crippen LogP) is 3.19. The molecule has 0 radical (unpaired) electrons. The van der Waals surface area contributed by atoms with Crippen LogP contribution in [0.25, 0.3) is 11.0 Å². The Morgan fingerprint density at radius 1 is 1.18 bits per heavy atom. The molecule has 0 amide bonds. The van der Waals surface area contributed by atoms with E-state index in [1.165, 1.54) is 18.2 Å². The van der Waals surface area contributed by atoms with Crippen molar-refractivity contribution in [2.24, 2.45) is 5.73 Å². The van der Waals surface area contributed by atoms with Crippen LogP contribution >= 0.6 is 0 Å². The number of halogens is 1. The second-order valence-corrected chi connectivity index (χ2v) is 6.18. The fraction of sp³-hybridized carbons (Fsp3) is 0.143. The van der Waals surface area contributed by atoms with E-state index in [1.54, 1.807) is 37.3 Å². The monoisotopic (exact) mass is 381 g/mol. The number of carbonyl (C=O) groups excluding carboxylic acids is 1. The Bertz CT molecular complexity index is 1180. The van der Waals surface area contributed by atoms with E-state index in [4.69, 9.17) is 19.6 Å². The largest absolute Gasteiger partial charge is 0.462 e. The standard InChI is InChI=1S/C21H16FNO5/c1-2-26-20(24)17-15(11-7-3-5-9-13(11)22)16-18(28-19(17)23)12-8-4-6-10-14(12)27-21(16)25/h3-10,15H,2,23H2,1H3/t15-/m1/s1. The number of carbonyl (C=O) groups is 1. The lowest BCUT2D eigenvalue weighted by Gasteiger charge is -2.28. The minimum absolute atomic E-state index is 0.000975. The Labute approximate surface area is 159 Å². The molecule has 28 heavy (non-hydrogen) atoms. The number of benzene rings is 2. The summed E-state index contributed by atoms with van der Waals surface area (Å²) in [6.07, 6.45) is 0. The number of para-hydroxylation sites is 1. The number of rotatable bonds is 3. The summed E-state index contributed by atoms with van der Waals surface area (Å²) in [5, 5.41) is 0.490. The van der Waals surface area contributed by atoms with Gasteiger partial charge in [0.05, 0.1) is 23.5 Å². The van der Waals surface area contributed by atoms with Crippen LogP contribution in [0.15, 0.2) is 69.2 Å². The molecule has 0 saturated carbocycles. The summed E-state index contributed by atoms with van der Waals surface area (Å²) in [5.74, 6) is -2.60. The summed E-state index contributed by atoms with van der Waals surface area (Å²) < 4.78 is 30.8. The first-order valence-electron chi connectivity index (χ1n) is 8.67. The topological polar surface area (TPSA) is 91.8 Å². The first-order valence-corrected chi connectivity index (χ1v) is 8.67. The molecule has 1 atom stereocenters.